The number of nitrogens with zero attached hydrogens (tertiary/aromatic N) is 2. The minimum Gasteiger partial charge on any atom is -0.348 e. The molecule has 2 aliphatic carbocycles. The first kappa shape index (κ1) is 16.3. The van der Waals surface area contributed by atoms with Gasteiger partial charge in [-0.1, -0.05) is 24.6 Å². The van der Waals surface area contributed by atoms with Crippen LogP contribution in [-0.2, 0) is 0 Å². The van der Waals surface area contributed by atoms with E-state index >= 15 is 0 Å². The van der Waals surface area contributed by atoms with Crippen LogP contribution in [0.1, 0.15) is 48.0 Å². The lowest BCUT2D eigenvalue weighted by atomic mass is 9.64. The van der Waals surface area contributed by atoms with Crippen LogP contribution in [0.3, 0.4) is 0 Å². The van der Waals surface area contributed by atoms with Crippen molar-refractivity contribution in [1.29, 1.82) is 0 Å². The van der Waals surface area contributed by atoms with Gasteiger partial charge in [0.25, 0.3) is 5.91 Å². The van der Waals surface area contributed by atoms with Gasteiger partial charge in [-0.2, -0.15) is 5.10 Å². The second-order valence-electron chi connectivity index (χ2n) is 7.66. The van der Waals surface area contributed by atoms with E-state index in [9.17, 15) is 4.79 Å². The van der Waals surface area contributed by atoms with Crippen LogP contribution in [0, 0.1) is 18.3 Å². The van der Waals surface area contributed by atoms with Gasteiger partial charge in [-0.3, -0.25) is 4.79 Å². The van der Waals surface area contributed by atoms with Gasteiger partial charge < -0.3 is 11.1 Å². The summed E-state index contributed by atoms with van der Waals surface area (Å²) in [7, 11) is 0. The van der Waals surface area contributed by atoms with E-state index in [-0.39, 0.29) is 11.9 Å². The van der Waals surface area contributed by atoms with E-state index in [0.29, 0.717) is 23.4 Å². The maximum Gasteiger partial charge on any atom is 0.254 e. The molecule has 0 radical (unpaired) electrons. The number of hydrogen-bond donors (Lipinski definition) is 2. The number of benzene rings is 1. The van der Waals surface area contributed by atoms with Crippen LogP contribution in [0.5, 0.6) is 0 Å². The van der Waals surface area contributed by atoms with Crippen molar-refractivity contribution < 1.29 is 4.79 Å². The molecule has 1 amide bonds. The molecule has 1 aromatic carbocycles. The molecule has 132 valence electrons. The lowest BCUT2D eigenvalue weighted by molar-refractivity contribution is 0.0693. The molecule has 25 heavy (non-hydrogen) atoms. The van der Waals surface area contributed by atoms with E-state index in [4.69, 9.17) is 5.73 Å². The van der Waals surface area contributed by atoms with E-state index in [0.717, 1.165) is 17.7 Å². The van der Waals surface area contributed by atoms with E-state index in [1.807, 2.05) is 37.4 Å². The van der Waals surface area contributed by atoms with E-state index in [1.165, 1.54) is 25.7 Å². The number of nitrogens with one attached hydrogen (secondary N) is 1. The van der Waals surface area contributed by atoms with E-state index in [2.05, 4.69) is 10.4 Å². The topological polar surface area (TPSA) is 72.9 Å². The molecular formula is C20H26N4O. The molecule has 1 spiro atoms. The fourth-order valence-electron chi connectivity index (χ4n) is 4.63. The van der Waals surface area contributed by atoms with Gasteiger partial charge in [-0.15, -0.1) is 0 Å². The molecule has 1 heterocycles. The number of amides is 1. The molecule has 2 fully saturated rings. The summed E-state index contributed by atoms with van der Waals surface area (Å²) in [4.78, 5) is 12.8. The number of carbonyl (C=O) groups is 1. The van der Waals surface area contributed by atoms with Crippen LogP contribution in [-0.4, -0.2) is 28.3 Å². The number of nitrogens with two attached hydrogens (primary N) is 1. The lowest BCUT2D eigenvalue weighted by Gasteiger charge is -2.45. The number of aromatic nitrogens is 2. The first-order valence-electron chi connectivity index (χ1n) is 9.24. The Labute approximate surface area is 148 Å². The standard InChI is InChI=1S/C20H26N4O/c1-14-5-2-3-6-17(14)24-13-16(12-22-24)19(25)23-18-15(11-21)7-10-20(18)8-4-9-20/h2-3,5-6,12-13,15,18H,4,7-11,21H2,1H3,(H,23,25). The van der Waals surface area contributed by atoms with Crippen LogP contribution in [0.2, 0.25) is 0 Å². The van der Waals surface area contributed by atoms with Gasteiger partial charge >= 0.3 is 0 Å². The Morgan fingerprint density at radius 2 is 2.16 bits per heavy atom. The zero-order valence-corrected chi connectivity index (χ0v) is 14.7. The Kier molecular flexibility index (Phi) is 4.12. The SMILES string of the molecule is Cc1ccccc1-n1cc(C(=O)NC2C(CN)CCC23CCC3)cn1. The highest BCUT2D eigenvalue weighted by atomic mass is 16.1. The highest BCUT2D eigenvalue weighted by molar-refractivity contribution is 5.94. The fraction of sp³-hybridized carbons (Fsp3) is 0.500. The second kappa shape index (κ2) is 6.30. The number of hydrogen-bond acceptors (Lipinski definition) is 3. The minimum atomic E-state index is -0.0311. The molecule has 3 N–H and O–H groups in total. The van der Waals surface area contributed by atoms with E-state index < -0.39 is 0 Å². The highest BCUT2D eigenvalue weighted by Crippen LogP contribution is 2.55. The van der Waals surface area contributed by atoms with Crippen LogP contribution >= 0.6 is 0 Å². The molecular weight excluding hydrogens is 312 g/mol. The van der Waals surface area contributed by atoms with Crippen molar-refractivity contribution in [3.63, 3.8) is 0 Å². The van der Waals surface area contributed by atoms with Gasteiger partial charge in [0, 0.05) is 12.2 Å². The number of para-hydroxylation sites is 1. The predicted octanol–water partition coefficient (Wildman–Crippen LogP) is 2.82. The van der Waals surface area contributed by atoms with Crippen molar-refractivity contribution >= 4 is 5.91 Å². The monoisotopic (exact) mass is 338 g/mol. The van der Waals surface area contributed by atoms with Crippen LogP contribution in [0.25, 0.3) is 5.69 Å². The van der Waals surface area contributed by atoms with Gasteiger partial charge in [-0.25, -0.2) is 4.68 Å². The summed E-state index contributed by atoms with van der Waals surface area (Å²) in [6, 6.07) is 8.24. The van der Waals surface area contributed by atoms with Gasteiger partial charge in [0.15, 0.2) is 0 Å². The Bertz CT molecular complexity index is 778. The molecule has 2 saturated carbocycles. The maximum atomic E-state index is 12.8. The van der Waals surface area contributed by atoms with Gasteiger partial charge in [0.1, 0.15) is 0 Å². The van der Waals surface area contributed by atoms with Crippen molar-refractivity contribution in [1.82, 2.24) is 15.1 Å². The minimum absolute atomic E-state index is 0.0311. The molecule has 1 aromatic heterocycles. The van der Waals surface area contributed by atoms with Crippen LogP contribution < -0.4 is 11.1 Å². The molecule has 2 atom stereocenters. The predicted molar refractivity (Wildman–Crippen MR) is 97.6 cm³/mol. The average molecular weight is 338 g/mol. The molecule has 2 unspecified atom stereocenters. The van der Waals surface area contributed by atoms with Crippen molar-refractivity contribution in [2.75, 3.05) is 6.54 Å². The number of carbonyl (C=O) groups excluding carboxylic acids is 1. The second-order valence-corrected chi connectivity index (χ2v) is 7.66. The first-order chi connectivity index (χ1) is 12.1. The van der Waals surface area contributed by atoms with Crippen molar-refractivity contribution in [2.45, 2.75) is 45.1 Å². The molecule has 2 aromatic rings. The molecule has 0 aliphatic heterocycles. The highest BCUT2D eigenvalue weighted by Gasteiger charge is 2.51. The molecule has 0 bridgehead atoms. The maximum absolute atomic E-state index is 12.8. The molecule has 5 nitrogen and oxygen atoms in total. The summed E-state index contributed by atoms with van der Waals surface area (Å²) in [6.07, 6.45) is 9.51. The summed E-state index contributed by atoms with van der Waals surface area (Å²) in [6.45, 7) is 2.69. The zero-order valence-electron chi connectivity index (χ0n) is 14.7. The molecule has 2 aliphatic rings. The van der Waals surface area contributed by atoms with Crippen LogP contribution in [0.15, 0.2) is 36.7 Å². The van der Waals surface area contributed by atoms with E-state index in [1.54, 1.807) is 10.9 Å². The van der Waals surface area contributed by atoms with Crippen molar-refractivity contribution in [3.05, 3.63) is 47.8 Å². The largest absolute Gasteiger partial charge is 0.348 e. The Hall–Kier alpha value is -2.14. The Morgan fingerprint density at radius 3 is 2.84 bits per heavy atom. The average Bonchev–Trinajstić information content (AvgIpc) is 3.19. The summed E-state index contributed by atoms with van der Waals surface area (Å²) >= 11 is 0. The Balaban J connectivity index is 1.53. The van der Waals surface area contributed by atoms with Gasteiger partial charge in [-0.05, 0) is 62.1 Å². The quantitative estimate of drug-likeness (QED) is 0.900. The number of aryl methyl sites for hydroxylation is 1. The Morgan fingerprint density at radius 1 is 1.36 bits per heavy atom. The summed E-state index contributed by atoms with van der Waals surface area (Å²) in [5.74, 6) is 0.368. The molecule has 0 saturated heterocycles. The third-order valence-corrected chi connectivity index (χ3v) is 6.29. The third-order valence-electron chi connectivity index (χ3n) is 6.29. The smallest absolute Gasteiger partial charge is 0.254 e. The summed E-state index contributed by atoms with van der Waals surface area (Å²) in [5, 5.41) is 7.68. The number of rotatable bonds is 4. The third kappa shape index (κ3) is 2.76. The fourth-order valence-corrected chi connectivity index (χ4v) is 4.63. The molecule has 4 rings (SSSR count). The van der Waals surface area contributed by atoms with Crippen molar-refractivity contribution in [3.8, 4) is 5.69 Å². The molecule has 5 heteroatoms. The zero-order chi connectivity index (χ0) is 17.4. The summed E-state index contributed by atoms with van der Waals surface area (Å²) in [5.41, 5.74) is 9.00. The van der Waals surface area contributed by atoms with Gasteiger partial charge in [0.2, 0.25) is 0 Å². The van der Waals surface area contributed by atoms with Crippen molar-refractivity contribution in [2.24, 2.45) is 17.1 Å². The normalized spacial score (nSPS) is 24.2. The van der Waals surface area contributed by atoms with Gasteiger partial charge in [0.05, 0.1) is 17.4 Å². The lowest BCUT2D eigenvalue weighted by Crippen LogP contribution is -2.52. The first-order valence-corrected chi connectivity index (χ1v) is 9.24. The van der Waals surface area contributed by atoms with Crippen LogP contribution in [0.4, 0.5) is 0 Å². The summed E-state index contributed by atoms with van der Waals surface area (Å²) < 4.78 is 1.78.